The van der Waals surface area contributed by atoms with E-state index in [1.807, 2.05) is 0 Å². The molecule has 0 saturated carbocycles. The van der Waals surface area contributed by atoms with Gasteiger partial charge in [0.2, 0.25) is 5.91 Å². The Morgan fingerprint density at radius 2 is 2.50 bits per heavy atom. The highest BCUT2D eigenvalue weighted by Crippen LogP contribution is 2.10. The summed E-state index contributed by atoms with van der Waals surface area (Å²) >= 11 is 1.78. The molecular formula is C10H20N2OS. The molecule has 1 rings (SSSR count). The van der Waals surface area contributed by atoms with Crippen molar-refractivity contribution < 1.29 is 4.79 Å². The Hall–Kier alpha value is -0.220. The highest BCUT2D eigenvalue weighted by atomic mass is 32.2. The molecule has 0 aromatic carbocycles. The standard InChI is InChI=1S/C10H20N2OS/c1-8(14-2)6-12-10(13)9-4-3-5-11-7-9/h8-9,11H,3-7H2,1-2H3,(H,12,13)/t8-,9+/m1/s1. The van der Waals surface area contributed by atoms with E-state index in [9.17, 15) is 4.79 Å². The van der Waals surface area contributed by atoms with Crippen LogP contribution in [0.5, 0.6) is 0 Å². The Balaban J connectivity index is 2.19. The third kappa shape index (κ3) is 3.88. The summed E-state index contributed by atoms with van der Waals surface area (Å²) in [6.07, 6.45) is 4.22. The highest BCUT2D eigenvalue weighted by Gasteiger charge is 2.20. The molecular weight excluding hydrogens is 196 g/mol. The van der Waals surface area contributed by atoms with Crippen LogP contribution in [0.3, 0.4) is 0 Å². The SMILES string of the molecule is CS[C@H](C)CNC(=O)[C@H]1CCCNC1. The predicted octanol–water partition coefficient (Wildman–Crippen LogP) is 0.854. The molecule has 1 saturated heterocycles. The van der Waals surface area contributed by atoms with Gasteiger partial charge in [0.1, 0.15) is 0 Å². The average molecular weight is 216 g/mol. The van der Waals surface area contributed by atoms with E-state index in [1.54, 1.807) is 11.8 Å². The number of carbonyl (C=O) groups is 1. The fraction of sp³-hybridized carbons (Fsp3) is 0.900. The maximum atomic E-state index is 11.7. The first-order chi connectivity index (χ1) is 6.74. The van der Waals surface area contributed by atoms with Crippen molar-refractivity contribution in [3.05, 3.63) is 0 Å². The lowest BCUT2D eigenvalue weighted by atomic mass is 9.99. The summed E-state index contributed by atoms with van der Waals surface area (Å²) in [7, 11) is 0. The first-order valence-electron chi connectivity index (χ1n) is 5.25. The van der Waals surface area contributed by atoms with Gasteiger partial charge in [0.15, 0.2) is 0 Å². The molecule has 0 aliphatic carbocycles. The van der Waals surface area contributed by atoms with Gasteiger partial charge in [-0.1, -0.05) is 6.92 Å². The molecule has 1 aliphatic rings. The van der Waals surface area contributed by atoms with Crippen molar-refractivity contribution in [3.63, 3.8) is 0 Å². The van der Waals surface area contributed by atoms with Crippen LogP contribution in [-0.2, 0) is 4.79 Å². The topological polar surface area (TPSA) is 41.1 Å². The van der Waals surface area contributed by atoms with Crippen LogP contribution in [0.4, 0.5) is 0 Å². The number of hydrogen-bond donors (Lipinski definition) is 2. The molecule has 0 aromatic rings. The molecule has 0 unspecified atom stereocenters. The summed E-state index contributed by atoms with van der Waals surface area (Å²) in [5, 5.41) is 6.76. The van der Waals surface area contributed by atoms with E-state index < -0.39 is 0 Å². The lowest BCUT2D eigenvalue weighted by Gasteiger charge is -2.22. The van der Waals surface area contributed by atoms with Crippen molar-refractivity contribution in [3.8, 4) is 0 Å². The number of amides is 1. The van der Waals surface area contributed by atoms with E-state index in [0.29, 0.717) is 5.25 Å². The zero-order valence-corrected chi connectivity index (χ0v) is 9.82. The Labute approximate surface area is 90.4 Å². The minimum atomic E-state index is 0.192. The van der Waals surface area contributed by atoms with E-state index in [0.717, 1.165) is 32.5 Å². The summed E-state index contributed by atoms with van der Waals surface area (Å²) in [6, 6.07) is 0. The van der Waals surface area contributed by atoms with Crippen molar-refractivity contribution in [2.24, 2.45) is 5.92 Å². The number of hydrogen-bond acceptors (Lipinski definition) is 3. The van der Waals surface area contributed by atoms with Crippen LogP contribution in [0.25, 0.3) is 0 Å². The molecule has 1 heterocycles. The van der Waals surface area contributed by atoms with Crippen LogP contribution in [0.15, 0.2) is 0 Å². The molecule has 0 aromatic heterocycles. The molecule has 0 spiro atoms. The molecule has 1 amide bonds. The average Bonchev–Trinajstić information content (AvgIpc) is 2.26. The van der Waals surface area contributed by atoms with E-state index in [2.05, 4.69) is 23.8 Å². The minimum Gasteiger partial charge on any atom is -0.355 e. The number of thioether (sulfide) groups is 1. The van der Waals surface area contributed by atoms with Gasteiger partial charge in [0.05, 0.1) is 5.92 Å². The highest BCUT2D eigenvalue weighted by molar-refractivity contribution is 7.99. The van der Waals surface area contributed by atoms with Gasteiger partial charge >= 0.3 is 0 Å². The summed E-state index contributed by atoms with van der Waals surface area (Å²) in [4.78, 5) is 11.7. The summed E-state index contributed by atoms with van der Waals surface area (Å²) in [5.41, 5.74) is 0. The maximum absolute atomic E-state index is 11.7. The second-order valence-electron chi connectivity index (χ2n) is 3.83. The Morgan fingerprint density at radius 1 is 1.71 bits per heavy atom. The molecule has 1 aliphatic heterocycles. The Morgan fingerprint density at radius 3 is 3.07 bits per heavy atom. The van der Waals surface area contributed by atoms with Crippen molar-refractivity contribution in [2.45, 2.75) is 25.0 Å². The molecule has 82 valence electrons. The van der Waals surface area contributed by atoms with Gasteiger partial charge in [-0.25, -0.2) is 0 Å². The second-order valence-corrected chi connectivity index (χ2v) is 5.11. The van der Waals surface area contributed by atoms with Crippen LogP contribution in [0.1, 0.15) is 19.8 Å². The molecule has 14 heavy (non-hydrogen) atoms. The third-order valence-electron chi connectivity index (χ3n) is 2.63. The summed E-state index contributed by atoms with van der Waals surface area (Å²) in [6.45, 7) is 4.82. The number of piperidine rings is 1. The fourth-order valence-electron chi connectivity index (χ4n) is 1.55. The summed E-state index contributed by atoms with van der Waals surface area (Å²) < 4.78 is 0. The van der Waals surface area contributed by atoms with Crippen LogP contribution >= 0.6 is 11.8 Å². The monoisotopic (exact) mass is 216 g/mol. The quantitative estimate of drug-likeness (QED) is 0.732. The third-order valence-corrected chi connectivity index (χ3v) is 3.61. The van der Waals surface area contributed by atoms with Crippen molar-refractivity contribution >= 4 is 17.7 Å². The zero-order valence-electron chi connectivity index (χ0n) is 9.01. The molecule has 0 bridgehead atoms. The van der Waals surface area contributed by atoms with E-state index in [1.165, 1.54) is 0 Å². The number of carbonyl (C=O) groups excluding carboxylic acids is 1. The fourth-order valence-corrected chi connectivity index (χ4v) is 1.80. The summed E-state index contributed by atoms with van der Waals surface area (Å²) in [5.74, 6) is 0.413. The van der Waals surface area contributed by atoms with Gasteiger partial charge in [0, 0.05) is 18.3 Å². The van der Waals surface area contributed by atoms with Gasteiger partial charge in [-0.15, -0.1) is 0 Å². The lowest BCUT2D eigenvalue weighted by Crippen LogP contribution is -2.42. The van der Waals surface area contributed by atoms with Gasteiger partial charge in [-0.3, -0.25) is 4.79 Å². The largest absolute Gasteiger partial charge is 0.355 e. The van der Waals surface area contributed by atoms with Crippen LogP contribution in [0.2, 0.25) is 0 Å². The van der Waals surface area contributed by atoms with E-state index in [4.69, 9.17) is 0 Å². The zero-order chi connectivity index (χ0) is 10.4. The van der Waals surface area contributed by atoms with Crippen LogP contribution in [0, 0.1) is 5.92 Å². The van der Waals surface area contributed by atoms with Crippen LogP contribution < -0.4 is 10.6 Å². The van der Waals surface area contributed by atoms with Gasteiger partial charge in [0.25, 0.3) is 0 Å². The van der Waals surface area contributed by atoms with Crippen LogP contribution in [-0.4, -0.2) is 37.0 Å². The first kappa shape index (κ1) is 11.9. The van der Waals surface area contributed by atoms with E-state index in [-0.39, 0.29) is 11.8 Å². The number of nitrogens with one attached hydrogen (secondary N) is 2. The molecule has 0 radical (unpaired) electrons. The first-order valence-corrected chi connectivity index (χ1v) is 6.54. The second kappa shape index (κ2) is 6.30. The Kier molecular flexibility index (Phi) is 5.33. The molecule has 2 N–H and O–H groups in total. The van der Waals surface area contributed by atoms with Crippen molar-refractivity contribution in [1.82, 2.24) is 10.6 Å². The normalized spacial score (nSPS) is 24.3. The molecule has 1 fully saturated rings. The molecule has 4 heteroatoms. The maximum Gasteiger partial charge on any atom is 0.224 e. The molecule has 2 atom stereocenters. The number of rotatable bonds is 4. The van der Waals surface area contributed by atoms with Gasteiger partial charge in [-0.2, -0.15) is 11.8 Å². The van der Waals surface area contributed by atoms with Gasteiger partial charge in [-0.05, 0) is 25.6 Å². The van der Waals surface area contributed by atoms with Crippen molar-refractivity contribution in [2.75, 3.05) is 25.9 Å². The minimum absolute atomic E-state index is 0.192. The predicted molar refractivity (Wildman–Crippen MR) is 61.6 cm³/mol. The van der Waals surface area contributed by atoms with Gasteiger partial charge < -0.3 is 10.6 Å². The smallest absolute Gasteiger partial charge is 0.224 e. The lowest BCUT2D eigenvalue weighted by molar-refractivity contribution is -0.125. The van der Waals surface area contributed by atoms with Crippen molar-refractivity contribution in [1.29, 1.82) is 0 Å². The Bertz CT molecular complexity index is 181. The van der Waals surface area contributed by atoms with E-state index >= 15 is 0 Å². The molecule has 3 nitrogen and oxygen atoms in total.